The third kappa shape index (κ3) is 2.23. The predicted molar refractivity (Wildman–Crippen MR) is 56.6 cm³/mol. The zero-order valence-electron chi connectivity index (χ0n) is 8.00. The van der Waals surface area contributed by atoms with Gasteiger partial charge in [0.15, 0.2) is 0 Å². The minimum atomic E-state index is -0.548. The average molecular weight is 217 g/mol. The molecular formula is C10H14ClFN2. The Morgan fingerprint density at radius 1 is 1.43 bits per heavy atom. The molecule has 0 aliphatic carbocycles. The predicted octanol–water partition coefficient (Wildman–Crippen LogP) is 2.22. The molecule has 4 N–H and O–H groups in total. The van der Waals surface area contributed by atoms with Gasteiger partial charge in [0.25, 0.3) is 0 Å². The van der Waals surface area contributed by atoms with Gasteiger partial charge in [0, 0.05) is 22.7 Å². The van der Waals surface area contributed by atoms with Gasteiger partial charge in [-0.05, 0) is 18.6 Å². The minimum Gasteiger partial charge on any atom is -0.326 e. The van der Waals surface area contributed by atoms with E-state index in [1.807, 2.05) is 6.92 Å². The first-order valence-electron chi connectivity index (χ1n) is 4.53. The van der Waals surface area contributed by atoms with Crippen LogP contribution in [0.3, 0.4) is 0 Å². The summed E-state index contributed by atoms with van der Waals surface area (Å²) in [7, 11) is 0. The first-order chi connectivity index (χ1) is 6.57. The van der Waals surface area contributed by atoms with E-state index >= 15 is 0 Å². The largest absolute Gasteiger partial charge is 0.326 e. The third-order valence-electron chi connectivity index (χ3n) is 2.27. The summed E-state index contributed by atoms with van der Waals surface area (Å²) in [5.74, 6) is -0.395. The maximum Gasteiger partial charge on any atom is 0.129 e. The van der Waals surface area contributed by atoms with Crippen LogP contribution in [-0.4, -0.2) is 6.04 Å². The van der Waals surface area contributed by atoms with E-state index in [0.717, 1.165) is 0 Å². The van der Waals surface area contributed by atoms with Crippen molar-refractivity contribution in [3.8, 4) is 0 Å². The Kier molecular flexibility index (Phi) is 3.86. The van der Waals surface area contributed by atoms with Gasteiger partial charge in [0.1, 0.15) is 5.82 Å². The molecule has 0 aromatic heterocycles. The second kappa shape index (κ2) is 4.73. The fourth-order valence-electron chi connectivity index (χ4n) is 1.30. The highest BCUT2D eigenvalue weighted by atomic mass is 35.5. The number of benzene rings is 1. The number of rotatable bonds is 3. The van der Waals surface area contributed by atoms with Crippen LogP contribution < -0.4 is 11.5 Å². The highest BCUT2D eigenvalue weighted by Crippen LogP contribution is 2.26. The Labute approximate surface area is 88.0 Å². The van der Waals surface area contributed by atoms with E-state index in [0.29, 0.717) is 17.0 Å². The lowest BCUT2D eigenvalue weighted by Gasteiger charge is -2.20. The summed E-state index contributed by atoms with van der Waals surface area (Å²) >= 11 is 5.85. The fourth-order valence-corrected chi connectivity index (χ4v) is 1.59. The van der Waals surface area contributed by atoms with Crippen molar-refractivity contribution in [1.82, 2.24) is 0 Å². The molecule has 14 heavy (non-hydrogen) atoms. The summed E-state index contributed by atoms with van der Waals surface area (Å²) in [6.07, 6.45) is 0.686. The van der Waals surface area contributed by atoms with Crippen LogP contribution in [0.15, 0.2) is 18.2 Å². The molecule has 2 nitrogen and oxygen atoms in total. The first-order valence-corrected chi connectivity index (χ1v) is 4.90. The lowest BCUT2D eigenvalue weighted by Crippen LogP contribution is -2.34. The zero-order chi connectivity index (χ0) is 10.7. The van der Waals surface area contributed by atoms with Gasteiger partial charge in [-0.2, -0.15) is 0 Å². The van der Waals surface area contributed by atoms with Gasteiger partial charge in [-0.1, -0.05) is 24.6 Å². The number of hydrogen-bond donors (Lipinski definition) is 2. The van der Waals surface area contributed by atoms with Crippen molar-refractivity contribution in [3.05, 3.63) is 34.6 Å². The van der Waals surface area contributed by atoms with Crippen molar-refractivity contribution in [2.75, 3.05) is 0 Å². The molecule has 1 aromatic carbocycles. The Morgan fingerprint density at radius 2 is 2.07 bits per heavy atom. The highest BCUT2D eigenvalue weighted by molar-refractivity contribution is 6.31. The quantitative estimate of drug-likeness (QED) is 0.814. The van der Waals surface area contributed by atoms with Crippen LogP contribution >= 0.6 is 11.6 Å². The molecule has 78 valence electrons. The van der Waals surface area contributed by atoms with Crippen LogP contribution in [0, 0.1) is 5.82 Å². The van der Waals surface area contributed by atoms with E-state index in [1.54, 1.807) is 12.1 Å². The van der Waals surface area contributed by atoms with Crippen LogP contribution in [0.25, 0.3) is 0 Å². The van der Waals surface area contributed by atoms with Crippen LogP contribution in [-0.2, 0) is 0 Å². The lowest BCUT2D eigenvalue weighted by atomic mass is 9.98. The molecule has 0 aliphatic rings. The molecule has 2 unspecified atom stereocenters. The van der Waals surface area contributed by atoms with E-state index in [2.05, 4.69) is 0 Å². The summed E-state index contributed by atoms with van der Waals surface area (Å²) in [5.41, 5.74) is 11.8. The standard InChI is InChI=1S/C10H14ClFN2/c1-2-8(13)10(14)9-6(11)4-3-5-7(9)12/h3-5,8,10H,2,13-14H2,1H3. The lowest BCUT2D eigenvalue weighted by molar-refractivity contribution is 0.502. The van der Waals surface area contributed by atoms with Crippen molar-refractivity contribution in [2.24, 2.45) is 11.5 Å². The van der Waals surface area contributed by atoms with Crippen molar-refractivity contribution in [1.29, 1.82) is 0 Å². The van der Waals surface area contributed by atoms with Crippen molar-refractivity contribution >= 4 is 11.6 Å². The number of nitrogens with two attached hydrogens (primary N) is 2. The molecule has 0 radical (unpaired) electrons. The van der Waals surface area contributed by atoms with E-state index in [1.165, 1.54) is 6.07 Å². The monoisotopic (exact) mass is 216 g/mol. The molecule has 4 heteroatoms. The fraction of sp³-hybridized carbons (Fsp3) is 0.400. The van der Waals surface area contributed by atoms with Crippen LogP contribution in [0.2, 0.25) is 5.02 Å². The molecule has 1 aromatic rings. The van der Waals surface area contributed by atoms with E-state index in [9.17, 15) is 4.39 Å². The van der Waals surface area contributed by atoms with E-state index in [-0.39, 0.29) is 6.04 Å². The van der Waals surface area contributed by atoms with Gasteiger partial charge in [-0.15, -0.1) is 0 Å². The van der Waals surface area contributed by atoms with E-state index in [4.69, 9.17) is 23.1 Å². The Bertz CT molecular complexity index is 297. The Morgan fingerprint density at radius 3 is 2.57 bits per heavy atom. The molecule has 2 atom stereocenters. The average Bonchev–Trinajstić information content (AvgIpc) is 2.16. The van der Waals surface area contributed by atoms with Gasteiger partial charge in [-0.3, -0.25) is 0 Å². The highest BCUT2D eigenvalue weighted by Gasteiger charge is 2.19. The number of halogens is 2. The second-order valence-electron chi connectivity index (χ2n) is 3.23. The van der Waals surface area contributed by atoms with E-state index < -0.39 is 11.9 Å². The Hall–Kier alpha value is -0.640. The zero-order valence-corrected chi connectivity index (χ0v) is 8.76. The molecule has 0 bridgehead atoms. The molecule has 0 saturated heterocycles. The summed E-state index contributed by atoms with van der Waals surface area (Å²) < 4.78 is 13.4. The minimum absolute atomic E-state index is 0.274. The van der Waals surface area contributed by atoms with Gasteiger partial charge in [-0.25, -0.2) is 4.39 Å². The SMILES string of the molecule is CCC(N)C(N)c1c(F)cccc1Cl. The van der Waals surface area contributed by atoms with Gasteiger partial charge in [0.05, 0.1) is 0 Å². The summed E-state index contributed by atoms with van der Waals surface area (Å²) in [6, 6.07) is 3.68. The third-order valence-corrected chi connectivity index (χ3v) is 2.60. The molecule has 0 saturated carbocycles. The maximum absolute atomic E-state index is 13.4. The molecular weight excluding hydrogens is 203 g/mol. The molecule has 0 spiro atoms. The van der Waals surface area contributed by atoms with Crippen molar-refractivity contribution < 1.29 is 4.39 Å². The molecule has 0 aliphatic heterocycles. The summed E-state index contributed by atoms with van der Waals surface area (Å²) in [5, 5.41) is 0.335. The van der Waals surface area contributed by atoms with Crippen LogP contribution in [0.1, 0.15) is 24.9 Å². The van der Waals surface area contributed by atoms with Gasteiger partial charge in [0.2, 0.25) is 0 Å². The Balaban J connectivity index is 3.05. The smallest absolute Gasteiger partial charge is 0.129 e. The topological polar surface area (TPSA) is 52.0 Å². The van der Waals surface area contributed by atoms with Crippen LogP contribution in [0.5, 0.6) is 0 Å². The maximum atomic E-state index is 13.4. The first kappa shape index (κ1) is 11.4. The van der Waals surface area contributed by atoms with Gasteiger partial charge < -0.3 is 11.5 Å². The number of hydrogen-bond acceptors (Lipinski definition) is 2. The van der Waals surface area contributed by atoms with Crippen molar-refractivity contribution in [3.63, 3.8) is 0 Å². The van der Waals surface area contributed by atoms with Crippen molar-refractivity contribution in [2.45, 2.75) is 25.4 Å². The molecule has 0 amide bonds. The van der Waals surface area contributed by atoms with Gasteiger partial charge >= 0.3 is 0 Å². The normalized spacial score (nSPS) is 15.2. The summed E-state index contributed by atoms with van der Waals surface area (Å²) in [4.78, 5) is 0. The molecule has 0 heterocycles. The van der Waals surface area contributed by atoms with Crippen LogP contribution in [0.4, 0.5) is 4.39 Å². The second-order valence-corrected chi connectivity index (χ2v) is 3.64. The summed E-state index contributed by atoms with van der Waals surface area (Å²) in [6.45, 7) is 1.90. The molecule has 0 fully saturated rings. The molecule has 1 rings (SSSR count).